The van der Waals surface area contributed by atoms with Crippen LogP contribution in [0.2, 0.25) is 0 Å². The summed E-state index contributed by atoms with van der Waals surface area (Å²) in [5.41, 5.74) is 3.27. The van der Waals surface area contributed by atoms with Crippen LogP contribution in [0.1, 0.15) is 5.56 Å². The van der Waals surface area contributed by atoms with E-state index in [4.69, 9.17) is 9.47 Å². The van der Waals surface area contributed by atoms with Crippen molar-refractivity contribution in [2.75, 3.05) is 25.1 Å². The lowest BCUT2D eigenvalue weighted by Gasteiger charge is -2.18. The van der Waals surface area contributed by atoms with Gasteiger partial charge in [-0.25, -0.2) is 4.98 Å². The molecule has 7 nitrogen and oxygen atoms in total. The summed E-state index contributed by atoms with van der Waals surface area (Å²) in [6.07, 6.45) is -1.28. The molecule has 10 heteroatoms. The normalized spacial score (nSPS) is 13.2. The second-order valence-electron chi connectivity index (χ2n) is 6.27. The molecule has 0 saturated heterocycles. The minimum absolute atomic E-state index is 0.0897. The molecule has 152 valence electrons. The van der Waals surface area contributed by atoms with Crippen molar-refractivity contribution in [3.05, 3.63) is 48.3 Å². The number of aromatic nitrogens is 3. The molecule has 0 aliphatic carbocycles. The Morgan fingerprint density at radius 1 is 1.07 bits per heavy atom. The summed E-state index contributed by atoms with van der Waals surface area (Å²) >= 11 is 0. The number of pyridine rings is 1. The van der Waals surface area contributed by atoms with E-state index in [9.17, 15) is 13.2 Å². The zero-order valence-electron chi connectivity index (χ0n) is 15.1. The summed E-state index contributed by atoms with van der Waals surface area (Å²) in [6, 6.07) is 8.64. The van der Waals surface area contributed by atoms with Crippen LogP contribution >= 0.6 is 0 Å². The molecule has 0 atom stereocenters. The average Bonchev–Trinajstić information content (AvgIpc) is 3.19. The van der Waals surface area contributed by atoms with Gasteiger partial charge in [-0.15, -0.1) is 0 Å². The predicted octanol–water partition coefficient (Wildman–Crippen LogP) is 3.80. The van der Waals surface area contributed by atoms with Gasteiger partial charge in [-0.3, -0.25) is 5.10 Å². The Kier molecular flexibility index (Phi) is 5.15. The predicted molar refractivity (Wildman–Crippen MR) is 98.1 cm³/mol. The lowest BCUT2D eigenvalue weighted by atomic mass is 10.1. The summed E-state index contributed by atoms with van der Waals surface area (Å²) in [7, 11) is 0. The van der Waals surface area contributed by atoms with E-state index in [0.717, 1.165) is 16.8 Å². The number of nitrogens with zero attached hydrogens (tertiary/aromatic N) is 2. The Morgan fingerprint density at radius 3 is 2.66 bits per heavy atom. The molecule has 3 heterocycles. The summed E-state index contributed by atoms with van der Waals surface area (Å²) in [4.78, 5) is 3.87. The maximum Gasteiger partial charge on any atom is 0.422 e. The number of aromatic amines is 1. The van der Waals surface area contributed by atoms with Gasteiger partial charge >= 0.3 is 6.18 Å². The molecule has 0 fully saturated rings. The standard InChI is InChI=1S/C19H17F3N4O3/c20-19(21,22)11-29-17-4-2-14(10-24-17)23-8-13-9-25-26-18(13)12-1-3-15-16(7-12)28-6-5-27-15/h1-4,7,9-10,23H,5-6,8,11H2,(H,25,26). The molecule has 29 heavy (non-hydrogen) atoms. The first-order chi connectivity index (χ1) is 14.0. The monoisotopic (exact) mass is 406 g/mol. The van der Waals surface area contributed by atoms with Crippen molar-refractivity contribution in [2.24, 2.45) is 0 Å². The number of H-pyrrole nitrogens is 1. The van der Waals surface area contributed by atoms with Gasteiger partial charge < -0.3 is 19.5 Å². The molecule has 0 saturated carbocycles. The molecule has 2 N–H and O–H groups in total. The Balaban J connectivity index is 1.41. The van der Waals surface area contributed by atoms with Crippen LogP contribution in [0.5, 0.6) is 17.4 Å². The van der Waals surface area contributed by atoms with Crippen LogP contribution in [0.4, 0.5) is 18.9 Å². The highest BCUT2D eigenvalue weighted by atomic mass is 19.4. The van der Waals surface area contributed by atoms with Crippen molar-refractivity contribution < 1.29 is 27.4 Å². The third kappa shape index (κ3) is 4.71. The number of nitrogens with one attached hydrogen (secondary N) is 2. The van der Waals surface area contributed by atoms with Crippen LogP contribution < -0.4 is 19.5 Å². The number of hydrogen-bond acceptors (Lipinski definition) is 6. The van der Waals surface area contributed by atoms with Crippen molar-refractivity contribution in [3.63, 3.8) is 0 Å². The maximum atomic E-state index is 12.2. The maximum absolute atomic E-state index is 12.2. The van der Waals surface area contributed by atoms with Crippen LogP contribution in [-0.4, -0.2) is 41.2 Å². The summed E-state index contributed by atoms with van der Waals surface area (Å²) < 4.78 is 52.3. The molecule has 1 aliphatic heterocycles. The molecule has 0 bridgehead atoms. The van der Waals surface area contributed by atoms with Gasteiger partial charge in [0.1, 0.15) is 13.2 Å². The zero-order chi connectivity index (χ0) is 20.3. The van der Waals surface area contributed by atoms with Crippen LogP contribution in [0.3, 0.4) is 0 Å². The number of ether oxygens (including phenoxy) is 3. The van der Waals surface area contributed by atoms with Gasteiger partial charge in [-0.2, -0.15) is 18.3 Å². The third-order valence-electron chi connectivity index (χ3n) is 4.15. The lowest BCUT2D eigenvalue weighted by molar-refractivity contribution is -0.154. The van der Waals surface area contributed by atoms with Gasteiger partial charge in [0.15, 0.2) is 18.1 Å². The van der Waals surface area contributed by atoms with E-state index >= 15 is 0 Å². The Labute approximate surface area is 163 Å². The first kappa shape index (κ1) is 18.9. The number of hydrogen-bond donors (Lipinski definition) is 2. The van der Waals surface area contributed by atoms with E-state index in [0.29, 0.717) is 36.9 Å². The molecule has 0 spiro atoms. The molecule has 0 unspecified atom stereocenters. The highest BCUT2D eigenvalue weighted by Gasteiger charge is 2.28. The minimum Gasteiger partial charge on any atom is -0.486 e. The van der Waals surface area contributed by atoms with Crippen LogP contribution in [0.15, 0.2) is 42.7 Å². The number of alkyl halides is 3. The smallest absolute Gasteiger partial charge is 0.422 e. The van der Waals surface area contributed by atoms with Crippen molar-refractivity contribution in [1.29, 1.82) is 0 Å². The number of benzene rings is 1. The molecule has 0 amide bonds. The number of halogens is 3. The largest absolute Gasteiger partial charge is 0.486 e. The second-order valence-corrected chi connectivity index (χ2v) is 6.27. The summed E-state index contributed by atoms with van der Waals surface area (Å²) in [5.74, 6) is 1.30. The Hall–Kier alpha value is -3.43. The van der Waals surface area contributed by atoms with Gasteiger partial charge in [0, 0.05) is 23.7 Å². The second kappa shape index (κ2) is 7.90. The van der Waals surface area contributed by atoms with Crippen LogP contribution in [-0.2, 0) is 6.54 Å². The zero-order valence-corrected chi connectivity index (χ0v) is 15.1. The highest BCUT2D eigenvalue weighted by Crippen LogP contribution is 2.35. The number of fused-ring (bicyclic) bond motifs is 1. The van der Waals surface area contributed by atoms with E-state index in [2.05, 4.69) is 25.2 Å². The third-order valence-corrected chi connectivity index (χ3v) is 4.15. The van der Waals surface area contributed by atoms with E-state index in [-0.39, 0.29) is 5.88 Å². The summed E-state index contributed by atoms with van der Waals surface area (Å²) in [6.45, 7) is 0.0918. The fourth-order valence-electron chi connectivity index (χ4n) is 2.82. The van der Waals surface area contributed by atoms with Crippen molar-refractivity contribution in [2.45, 2.75) is 12.7 Å². The first-order valence-corrected chi connectivity index (χ1v) is 8.80. The van der Waals surface area contributed by atoms with Crippen molar-refractivity contribution in [3.8, 4) is 28.6 Å². The molecular formula is C19H17F3N4O3. The molecule has 3 aromatic rings. The van der Waals surface area contributed by atoms with Gasteiger partial charge in [-0.1, -0.05) is 0 Å². The number of anilines is 1. The van der Waals surface area contributed by atoms with Crippen LogP contribution in [0.25, 0.3) is 11.3 Å². The quantitative estimate of drug-likeness (QED) is 0.648. The first-order valence-electron chi connectivity index (χ1n) is 8.80. The fraction of sp³-hybridized carbons (Fsp3) is 0.263. The van der Waals surface area contributed by atoms with Gasteiger partial charge in [0.25, 0.3) is 0 Å². The molecule has 1 aliphatic rings. The molecule has 0 radical (unpaired) electrons. The lowest BCUT2D eigenvalue weighted by Crippen LogP contribution is -2.19. The molecule has 2 aromatic heterocycles. The van der Waals surface area contributed by atoms with Gasteiger partial charge in [-0.05, 0) is 24.3 Å². The average molecular weight is 406 g/mol. The minimum atomic E-state index is -4.40. The van der Waals surface area contributed by atoms with E-state index in [1.54, 1.807) is 12.3 Å². The Morgan fingerprint density at radius 2 is 1.90 bits per heavy atom. The topological polar surface area (TPSA) is 81.3 Å². The van der Waals surface area contributed by atoms with E-state index in [1.807, 2.05) is 18.2 Å². The SMILES string of the molecule is FC(F)(F)COc1ccc(NCc2cn[nH]c2-c2ccc3c(c2)OCCO3)cn1. The van der Waals surface area contributed by atoms with Gasteiger partial charge in [0.05, 0.1) is 23.8 Å². The molecule has 4 rings (SSSR count). The fourth-order valence-corrected chi connectivity index (χ4v) is 2.82. The summed E-state index contributed by atoms with van der Waals surface area (Å²) in [5, 5.41) is 10.2. The van der Waals surface area contributed by atoms with Crippen molar-refractivity contribution in [1.82, 2.24) is 15.2 Å². The van der Waals surface area contributed by atoms with E-state index < -0.39 is 12.8 Å². The Bertz CT molecular complexity index is 974. The number of rotatable bonds is 6. The van der Waals surface area contributed by atoms with Crippen molar-refractivity contribution >= 4 is 5.69 Å². The van der Waals surface area contributed by atoms with Crippen LogP contribution in [0, 0.1) is 0 Å². The molecular weight excluding hydrogens is 389 g/mol. The highest BCUT2D eigenvalue weighted by molar-refractivity contribution is 5.67. The van der Waals surface area contributed by atoms with Gasteiger partial charge in [0.2, 0.25) is 5.88 Å². The molecule has 1 aromatic carbocycles. The van der Waals surface area contributed by atoms with E-state index in [1.165, 1.54) is 12.3 Å².